The van der Waals surface area contributed by atoms with Crippen LogP contribution in [0.15, 0.2) is 58.3 Å². The number of rotatable bonds is 4. The average molecular weight is 272 g/mol. The van der Waals surface area contributed by atoms with E-state index in [9.17, 15) is 9.59 Å². The summed E-state index contributed by atoms with van der Waals surface area (Å²) in [7, 11) is 1.36. The van der Waals surface area contributed by atoms with Crippen molar-refractivity contribution in [1.82, 2.24) is 0 Å². The highest BCUT2D eigenvalue weighted by atomic mass is 32.2. The number of carbonyl (C=O) groups excluding carboxylic acids is 2. The lowest BCUT2D eigenvalue weighted by molar-refractivity contribution is 0.0596. The fraction of sp³-hybridized carbons (Fsp3) is 0.0667. The van der Waals surface area contributed by atoms with E-state index in [1.807, 2.05) is 24.3 Å². The molecule has 0 saturated heterocycles. The Morgan fingerprint density at radius 1 is 1.11 bits per heavy atom. The molecule has 0 atom stereocenters. The summed E-state index contributed by atoms with van der Waals surface area (Å²) >= 11 is 1.46. The lowest BCUT2D eigenvalue weighted by Gasteiger charge is -2.07. The van der Waals surface area contributed by atoms with Crippen molar-refractivity contribution in [3.8, 4) is 0 Å². The Kier molecular flexibility index (Phi) is 4.36. The molecule has 0 aliphatic heterocycles. The van der Waals surface area contributed by atoms with E-state index in [1.165, 1.54) is 18.9 Å². The van der Waals surface area contributed by atoms with E-state index in [2.05, 4.69) is 0 Å². The third-order valence-electron chi connectivity index (χ3n) is 2.54. The van der Waals surface area contributed by atoms with Crippen LogP contribution in [-0.4, -0.2) is 19.4 Å². The van der Waals surface area contributed by atoms with Gasteiger partial charge in [0.15, 0.2) is 0 Å². The van der Waals surface area contributed by atoms with Crippen molar-refractivity contribution >= 4 is 24.0 Å². The fourth-order valence-corrected chi connectivity index (χ4v) is 2.51. The van der Waals surface area contributed by atoms with Gasteiger partial charge in [-0.2, -0.15) is 0 Å². The molecule has 0 bridgehead atoms. The van der Waals surface area contributed by atoms with E-state index in [-0.39, 0.29) is 5.97 Å². The van der Waals surface area contributed by atoms with Gasteiger partial charge in [0.2, 0.25) is 0 Å². The van der Waals surface area contributed by atoms with Crippen LogP contribution in [0.5, 0.6) is 0 Å². The number of ether oxygens (including phenoxy) is 1. The maximum Gasteiger partial charge on any atom is 0.339 e. The van der Waals surface area contributed by atoms with Gasteiger partial charge < -0.3 is 4.74 Å². The van der Waals surface area contributed by atoms with E-state index in [1.54, 1.807) is 24.3 Å². The van der Waals surface area contributed by atoms with Crippen LogP contribution >= 0.6 is 11.8 Å². The largest absolute Gasteiger partial charge is 0.465 e. The normalized spacial score (nSPS) is 9.95. The highest BCUT2D eigenvalue weighted by molar-refractivity contribution is 7.99. The van der Waals surface area contributed by atoms with E-state index < -0.39 is 0 Å². The van der Waals surface area contributed by atoms with Crippen molar-refractivity contribution < 1.29 is 14.3 Å². The van der Waals surface area contributed by atoms with Gasteiger partial charge in [-0.15, -0.1) is 0 Å². The van der Waals surface area contributed by atoms with Crippen LogP contribution in [0.2, 0.25) is 0 Å². The summed E-state index contributed by atoms with van der Waals surface area (Å²) in [4.78, 5) is 24.0. The summed E-state index contributed by atoms with van der Waals surface area (Å²) in [6.45, 7) is 0. The number of aldehydes is 1. The minimum absolute atomic E-state index is 0.354. The highest BCUT2D eigenvalue weighted by Gasteiger charge is 2.11. The monoisotopic (exact) mass is 272 g/mol. The fourth-order valence-electron chi connectivity index (χ4n) is 1.58. The van der Waals surface area contributed by atoms with E-state index in [0.29, 0.717) is 11.1 Å². The Bertz CT molecular complexity index is 591. The zero-order valence-corrected chi connectivity index (χ0v) is 11.1. The molecular formula is C15H12O3S. The van der Waals surface area contributed by atoms with Crippen molar-refractivity contribution in [2.24, 2.45) is 0 Å². The Balaban J connectivity index is 2.27. The number of benzene rings is 2. The molecule has 3 nitrogen and oxygen atoms in total. The van der Waals surface area contributed by atoms with Crippen molar-refractivity contribution in [2.75, 3.05) is 7.11 Å². The van der Waals surface area contributed by atoms with Gasteiger partial charge in [0, 0.05) is 15.4 Å². The van der Waals surface area contributed by atoms with Crippen molar-refractivity contribution in [1.29, 1.82) is 0 Å². The molecule has 0 amide bonds. The first-order valence-corrected chi connectivity index (χ1v) is 6.46. The molecule has 0 saturated carbocycles. The summed E-state index contributed by atoms with van der Waals surface area (Å²) in [5.74, 6) is -0.354. The maximum atomic E-state index is 11.6. The molecule has 4 heteroatoms. The summed E-state index contributed by atoms with van der Waals surface area (Å²) < 4.78 is 4.75. The zero-order valence-electron chi connectivity index (χ0n) is 10.3. The molecule has 0 aromatic heterocycles. The maximum absolute atomic E-state index is 11.6. The number of esters is 1. The highest BCUT2D eigenvalue weighted by Crippen LogP contribution is 2.30. The van der Waals surface area contributed by atoms with Crippen LogP contribution in [0.4, 0.5) is 0 Å². The van der Waals surface area contributed by atoms with Crippen LogP contribution in [0.25, 0.3) is 0 Å². The van der Waals surface area contributed by atoms with Gasteiger partial charge in [-0.1, -0.05) is 36.0 Å². The second kappa shape index (κ2) is 6.20. The van der Waals surface area contributed by atoms with Gasteiger partial charge in [-0.25, -0.2) is 4.79 Å². The molecule has 0 aliphatic carbocycles. The second-order valence-corrected chi connectivity index (χ2v) is 4.89. The Labute approximate surface area is 115 Å². The number of hydrogen-bond acceptors (Lipinski definition) is 4. The Morgan fingerprint density at radius 3 is 2.42 bits per heavy atom. The molecule has 0 radical (unpaired) electrons. The predicted octanol–water partition coefficient (Wildman–Crippen LogP) is 3.44. The molecule has 96 valence electrons. The molecule has 0 aliphatic rings. The molecular weight excluding hydrogens is 260 g/mol. The lowest BCUT2D eigenvalue weighted by atomic mass is 10.2. The van der Waals surface area contributed by atoms with Crippen molar-refractivity contribution in [3.05, 3.63) is 59.7 Å². The Hall–Kier alpha value is -2.07. The summed E-state index contributed by atoms with van der Waals surface area (Å²) in [5.41, 5.74) is 1.17. The van der Waals surface area contributed by atoms with E-state index in [4.69, 9.17) is 4.74 Å². The lowest BCUT2D eigenvalue weighted by Crippen LogP contribution is -2.02. The van der Waals surface area contributed by atoms with Crippen LogP contribution in [0.3, 0.4) is 0 Å². The van der Waals surface area contributed by atoms with Crippen LogP contribution in [-0.2, 0) is 4.74 Å². The smallest absolute Gasteiger partial charge is 0.339 e. The van der Waals surface area contributed by atoms with E-state index in [0.717, 1.165) is 16.1 Å². The number of carbonyl (C=O) groups is 2. The van der Waals surface area contributed by atoms with Gasteiger partial charge in [-0.3, -0.25) is 4.79 Å². The van der Waals surface area contributed by atoms with Gasteiger partial charge in [0.05, 0.1) is 12.7 Å². The zero-order chi connectivity index (χ0) is 13.7. The first kappa shape index (κ1) is 13.4. The second-order valence-electron chi connectivity index (χ2n) is 3.78. The molecule has 0 N–H and O–H groups in total. The third-order valence-corrected chi connectivity index (χ3v) is 3.62. The van der Waals surface area contributed by atoms with Crippen molar-refractivity contribution in [3.63, 3.8) is 0 Å². The number of methoxy groups -OCH3 is 1. The van der Waals surface area contributed by atoms with Crippen LogP contribution in [0, 0.1) is 0 Å². The van der Waals surface area contributed by atoms with Crippen LogP contribution in [0.1, 0.15) is 20.7 Å². The molecule has 0 fully saturated rings. The summed E-state index contributed by atoms with van der Waals surface area (Å²) in [6, 6.07) is 14.5. The molecule has 0 unspecified atom stereocenters. The first-order chi connectivity index (χ1) is 9.24. The summed E-state index contributed by atoms with van der Waals surface area (Å²) in [5, 5.41) is 0. The molecule has 2 aromatic rings. The SMILES string of the molecule is COC(=O)c1ccccc1Sc1ccc(C=O)cc1. The number of hydrogen-bond donors (Lipinski definition) is 0. The van der Waals surface area contributed by atoms with Gasteiger partial charge in [0.1, 0.15) is 6.29 Å². The minimum Gasteiger partial charge on any atom is -0.465 e. The van der Waals surface area contributed by atoms with Crippen molar-refractivity contribution in [2.45, 2.75) is 9.79 Å². The predicted molar refractivity (Wildman–Crippen MR) is 73.7 cm³/mol. The van der Waals surface area contributed by atoms with Gasteiger partial charge >= 0.3 is 5.97 Å². The van der Waals surface area contributed by atoms with E-state index >= 15 is 0 Å². The summed E-state index contributed by atoms with van der Waals surface area (Å²) in [6.07, 6.45) is 0.802. The Morgan fingerprint density at radius 2 is 1.79 bits per heavy atom. The molecule has 2 rings (SSSR count). The molecule has 0 spiro atoms. The standard InChI is InChI=1S/C15H12O3S/c1-18-15(17)13-4-2-3-5-14(13)19-12-8-6-11(10-16)7-9-12/h2-10H,1H3. The topological polar surface area (TPSA) is 43.4 Å². The first-order valence-electron chi connectivity index (χ1n) is 5.65. The molecule has 0 heterocycles. The minimum atomic E-state index is -0.354. The third kappa shape index (κ3) is 3.23. The van der Waals surface area contributed by atoms with Gasteiger partial charge in [-0.05, 0) is 24.3 Å². The van der Waals surface area contributed by atoms with Crippen LogP contribution < -0.4 is 0 Å². The average Bonchev–Trinajstić information content (AvgIpc) is 2.48. The molecule has 2 aromatic carbocycles. The van der Waals surface area contributed by atoms with Gasteiger partial charge in [0.25, 0.3) is 0 Å². The molecule has 19 heavy (non-hydrogen) atoms. The quantitative estimate of drug-likeness (QED) is 0.631.